The topological polar surface area (TPSA) is 79.2 Å². The van der Waals surface area contributed by atoms with Gasteiger partial charge in [0, 0.05) is 5.02 Å². The third kappa shape index (κ3) is 4.70. The van der Waals surface area contributed by atoms with Gasteiger partial charge in [0.05, 0.1) is 6.10 Å². The maximum atomic E-state index is 13.7. The first-order chi connectivity index (χ1) is 13.6. The average Bonchev–Trinajstić information content (AvgIpc) is 2.66. The molecule has 1 heterocycles. The Kier molecular flexibility index (Phi) is 6.45. The highest BCUT2D eigenvalue weighted by Crippen LogP contribution is 2.40. The Hall–Kier alpha value is -1.77. The smallest absolute Gasteiger partial charge is 0.325 e. The van der Waals surface area contributed by atoms with Crippen molar-refractivity contribution in [3.05, 3.63) is 64.2 Å². The van der Waals surface area contributed by atoms with E-state index in [-0.39, 0.29) is 6.10 Å². The molecule has 0 amide bonds. The molecule has 3 rings (SSSR count). The SMILES string of the molecule is CC(C)Oc1ccc(Cc2cc([C@@H]3O[C@H](O)C(F)(F)[C@H](O)[C@H]3O)ccc2Cl)cc1. The summed E-state index contributed by atoms with van der Waals surface area (Å²) in [6.07, 6.45) is -7.71. The van der Waals surface area contributed by atoms with E-state index in [0.717, 1.165) is 11.3 Å². The van der Waals surface area contributed by atoms with Crippen molar-refractivity contribution in [2.75, 3.05) is 0 Å². The summed E-state index contributed by atoms with van der Waals surface area (Å²) in [5, 5.41) is 29.7. The standard InChI is InChI=1S/C21H23ClF2O5/c1-11(2)28-15-6-3-12(4-7-15)9-14-10-13(5-8-16(14)22)18-17(25)19(26)21(23,24)20(27)29-18/h3-8,10-11,17-20,25-27H,9H2,1-2H3/t17-,18-,19+,20-/m0/s1. The first-order valence-electron chi connectivity index (χ1n) is 9.21. The van der Waals surface area contributed by atoms with Crippen LogP contribution in [0.15, 0.2) is 42.5 Å². The van der Waals surface area contributed by atoms with Crippen LogP contribution in [0.2, 0.25) is 5.02 Å². The molecule has 158 valence electrons. The van der Waals surface area contributed by atoms with Crippen molar-refractivity contribution in [2.45, 2.75) is 56.9 Å². The fourth-order valence-corrected chi connectivity index (χ4v) is 3.39. The number of aliphatic hydroxyl groups excluding tert-OH is 3. The summed E-state index contributed by atoms with van der Waals surface area (Å²) < 4.78 is 37.8. The summed E-state index contributed by atoms with van der Waals surface area (Å²) in [4.78, 5) is 0. The van der Waals surface area contributed by atoms with E-state index in [4.69, 9.17) is 21.1 Å². The van der Waals surface area contributed by atoms with Crippen molar-refractivity contribution in [2.24, 2.45) is 0 Å². The van der Waals surface area contributed by atoms with Gasteiger partial charge in [0.15, 0.2) is 6.10 Å². The zero-order valence-corrected chi connectivity index (χ0v) is 16.7. The molecule has 1 aliphatic heterocycles. The molecule has 5 nitrogen and oxygen atoms in total. The van der Waals surface area contributed by atoms with Gasteiger partial charge in [-0.05, 0) is 55.2 Å². The number of halogens is 3. The lowest BCUT2D eigenvalue weighted by atomic mass is 9.91. The lowest BCUT2D eigenvalue weighted by molar-refractivity contribution is -0.345. The molecule has 29 heavy (non-hydrogen) atoms. The molecule has 0 radical (unpaired) electrons. The van der Waals surface area contributed by atoms with Gasteiger partial charge in [-0.3, -0.25) is 0 Å². The summed E-state index contributed by atoms with van der Waals surface area (Å²) in [5.74, 6) is -3.23. The lowest BCUT2D eigenvalue weighted by Gasteiger charge is -2.40. The quantitative estimate of drug-likeness (QED) is 0.679. The van der Waals surface area contributed by atoms with Gasteiger partial charge in [0.2, 0.25) is 6.29 Å². The van der Waals surface area contributed by atoms with Gasteiger partial charge < -0.3 is 24.8 Å². The number of hydrogen-bond donors (Lipinski definition) is 3. The fraction of sp³-hybridized carbons (Fsp3) is 0.429. The van der Waals surface area contributed by atoms with Gasteiger partial charge in [-0.2, -0.15) is 8.78 Å². The number of aliphatic hydroxyl groups is 3. The van der Waals surface area contributed by atoms with Crippen LogP contribution in [0.25, 0.3) is 0 Å². The van der Waals surface area contributed by atoms with Crippen LogP contribution in [0.3, 0.4) is 0 Å². The minimum atomic E-state index is -3.97. The Morgan fingerprint density at radius 2 is 1.76 bits per heavy atom. The Morgan fingerprint density at radius 3 is 2.38 bits per heavy atom. The molecule has 0 unspecified atom stereocenters. The van der Waals surface area contributed by atoms with Crippen LogP contribution in [0.1, 0.15) is 36.6 Å². The molecule has 0 spiro atoms. The van der Waals surface area contributed by atoms with Gasteiger partial charge in [0.1, 0.15) is 18.0 Å². The summed E-state index contributed by atoms with van der Waals surface area (Å²) in [7, 11) is 0. The van der Waals surface area contributed by atoms with Crippen molar-refractivity contribution < 1.29 is 33.6 Å². The largest absolute Gasteiger partial charge is 0.491 e. The van der Waals surface area contributed by atoms with Crippen molar-refractivity contribution in [1.29, 1.82) is 0 Å². The van der Waals surface area contributed by atoms with E-state index in [1.165, 1.54) is 6.07 Å². The van der Waals surface area contributed by atoms with Gasteiger partial charge in [-0.25, -0.2) is 0 Å². The maximum Gasteiger partial charge on any atom is 0.325 e. The molecule has 1 aliphatic rings. The van der Waals surface area contributed by atoms with E-state index < -0.39 is 30.5 Å². The number of alkyl halides is 2. The number of rotatable bonds is 5. The third-order valence-electron chi connectivity index (χ3n) is 4.72. The summed E-state index contributed by atoms with van der Waals surface area (Å²) in [6.45, 7) is 3.87. The van der Waals surface area contributed by atoms with E-state index in [1.807, 2.05) is 38.1 Å². The zero-order valence-electron chi connectivity index (χ0n) is 15.9. The second-order valence-electron chi connectivity index (χ2n) is 7.36. The monoisotopic (exact) mass is 428 g/mol. The second kappa shape index (κ2) is 8.53. The number of benzene rings is 2. The molecule has 3 N–H and O–H groups in total. The molecule has 4 atom stereocenters. The van der Waals surface area contributed by atoms with Crippen molar-refractivity contribution in [1.82, 2.24) is 0 Å². The molecule has 2 aromatic carbocycles. The highest BCUT2D eigenvalue weighted by atomic mass is 35.5. The molecule has 1 fully saturated rings. The predicted molar refractivity (Wildman–Crippen MR) is 103 cm³/mol. The number of ether oxygens (including phenoxy) is 2. The number of hydrogen-bond acceptors (Lipinski definition) is 5. The molecule has 8 heteroatoms. The van der Waals surface area contributed by atoms with Crippen LogP contribution in [0.5, 0.6) is 5.75 Å². The van der Waals surface area contributed by atoms with E-state index in [0.29, 0.717) is 22.6 Å². The first kappa shape index (κ1) is 21.9. The predicted octanol–water partition coefficient (Wildman–Crippen LogP) is 3.46. The Morgan fingerprint density at radius 1 is 1.10 bits per heavy atom. The van der Waals surface area contributed by atoms with Crippen LogP contribution in [-0.2, 0) is 11.2 Å². The average molecular weight is 429 g/mol. The minimum absolute atomic E-state index is 0.0620. The molecule has 0 aliphatic carbocycles. The third-order valence-corrected chi connectivity index (χ3v) is 5.09. The Balaban J connectivity index is 1.81. The van der Waals surface area contributed by atoms with Crippen LogP contribution < -0.4 is 4.74 Å². The van der Waals surface area contributed by atoms with E-state index in [9.17, 15) is 24.1 Å². The van der Waals surface area contributed by atoms with Crippen LogP contribution in [0.4, 0.5) is 8.78 Å². The molecule has 1 saturated heterocycles. The minimum Gasteiger partial charge on any atom is -0.491 e. The maximum absolute atomic E-state index is 13.7. The molecule has 0 aromatic heterocycles. The van der Waals surface area contributed by atoms with Gasteiger partial charge in [-0.15, -0.1) is 0 Å². The summed E-state index contributed by atoms with van der Waals surface area (Å²) >= 11 is 6.28. The Bertz CT molecular complexity index is 843. The van der Waals surface area contributed by atoms with E-state index in [2.05, 4.69) is 0 Å². The van der Waals surface area contributed by atoms with Gasteiger partial charge >= 0.3 is 5.92 Å². The normalized spacial score (nSPS) is 26.5. The van der Waals surface area contributed by atoms with E-state index in [1.54, 1.807) is 12.1 Å². The van der Waals surface area contributed by atoms with Gasteiger partial charge in [0.25, 0.3) is 0 Å². The molecule has 2 aromatic rings. The van der Waals surface area contributed by atoms with Crippen molar-refractivity contribution in [3.8, 4) is 5.75 Å². The highest BCUT2D eigenvalue weighted by Gasteiger charge is 2.57. The van der Waals surface area contributed by atoms with Gasteiger partial charge in [-0.1, -0.05) is 35.9 Å². The van der Waals surface area contributed by atoms with Crippen LogP contribution in [0, 0.1) is 0 Å². The fourth-order valence-electron chi connectivity index (χ4n) is 3.21. The zero-order chi connectivity index (χ0) is 21.3. The highest BCUT2D eigenvalue weighted by molar-refractivity contribution is 6.31. The first-order valence-corrected chi connectivity index (χ1v) is 9.58. The Labute approximate surface area is 172 Å². The van der Waals surface area contributed by atoms with Crippen molar-refractivity contribution >= 4 is 11.6 Å². The second-order valence-corrected chi connectivity index (χ2v) is 7.76. The van der Waals surface area contributed by atoms with Crippen molar-refractivity contribution in [3.63, 3.8) is 0 Å². The molecular weight excluding hydrogens is 406 g/mol. The molecular formula is C21H23ClF2O5. The van der Waals surface area contributed by atoms with Crippen LogP contribution in [-0.4, -0.2) is 45.8 Å². The lowest BCUT2D eigenvalue weighted by Crippen LogP contribution is -2.58. The molecule has 0 bridgehead atoms. The van der Waals surface area contributed by atoms with E-state index >= 15 is 0 Å². The van der Waals surface area contributed by atoms with Crippen LogP contribution >= 0.6 is 11.6 Å². The summed E-state index contributed by atoms with van der Waals surface area (Å²) in [6, 6.07) is 12.1. The summed E-state index contributed by atoms with van der Waals surface area (Å²) in [5.41, 5.74) is 1.95. The molecule has 0 saturated carbocycles.